The fourth-order valence-corrected chi connectivity index (χ4v) is 4.39. The average molecular weight is 405 g/mol. The summed E-state index contributed by atoms with van der Waals surface area (Å²) < 4.78 is 5.09. The fraction of sp³-hybridized carbons (Fsp3) is 0.842. The van der Waals surface area contributed by atoms with E-state index in [0.717, 1.165) is 32.1 Å². The first kappa shape index (κ1) is 23.7. The lowest BCUT2D eigenvalue weighted by Gasteiger charge is -2.35. The van der Waals surface area contributed by atoms with Crippen LogP contribution in [0.1, 0.15) is 65.7 Å². The van der Waals surface area contributed by atoms with Gasteiger partial charge in [0, 0.05) is 6.04 Å². The smallest absolute Gasteiger partial charge is 0.326 e. The van der Waals surface area contributed by atoms with Crippen LogP contribution >= 0.6 is 12.4 Å². The highest BCUT2D eigenvalue weighted by Gasteiger charge is 2.48. The van der Waals surface area contributed by atoms with Gasteiger partial charge < -0.3 is 14.7 Å². The summed E-state index contributed by atoms with van der Waals surface area (Å²) in [6, 6.07) is -1.92. The molecule has 2 rings (SSSR count). The summed E-state index contributed by atoms with van der Waals surface area (Å²) in [5, 5.41) is 12.7. The topological polar surface area (TPSA) is 95.9 Å². The quantitative estimate of drug-likeness (QED) is 0.603. The van der Waals surface area contributed by atoms with E-state index in [4.69, 9.17) is 4.74 Å². The number of carbonyl (C=O) groups excluding carboxylic acids is 2. The number of hydrogen-bond donors (Lipinski definition) is 2. The number of nitrogens with one attached hydrogen (secondary N) is 1. The molecule has 1 saturated heterocycles. The van der Waals surface area contributed by atoms with E-state index < -0.39 is 24.1 Å². The molecule has 1 aliphatic carbocycles. The number of halogens is 1. The number of rotatable bonds is 8. The number of carbonyl (C=O) groups is 3. The van der Waals surface area contributed by atoms with Gasteiger partial charge >= 0.3 is 11.9 Å². The molecule has 27 heavy (non-hydrogen) atoms. The lowest BCUT2D eigenvalue weighted by atomic mass is 9.84. The van der Waals surface area contributed by atoms with Gasteiger partial charge in [-0.15, -0.1) is 12.4 Å². The molecule has 1 amide bonds. The molecule has 1 saturated carbocycles. The summed E-state index contributed by atoms with van der Waals surface area (Å²) in [6.07, 6.45) is 5.87. The number of carboxylic acids is 1. The third kappa shape index (κ3) is 5.57. The molecular weight excluding hydrogens is 372 g/mol. The van der Waals surface area contributed by atoms with E-state index >= 15 is 0 Å². The summed E-state index contributed by atoms with van der Waals surface area (Å²) >= 11 is 0. The molecule has 156 valence electrons. The summed E-state index contributed by atoms with van der Waals surface area (Å²) in [5.74, 6) is -1.24. The number of aliphatic carboxylic acids is 1. The normalized spacial score (nSPS) is 26.5. The van der Waals surface area contributed by atoms with E-state index in [1.165, 1.54) is 0 Å². The van der Waals surface area contributed by atoms with E-state index in [1.807, 2.05) is 6.92 Å². The Balaban J connectivity index is 0.00000364. The van der Waals surface area contributed by atoms with Crippen LogP contribution in [0.2, 0.25) is 0 Å². The van der Waals surface area contributed by atoms with Crippen molar-refractivity contribution >= 4 is 30.3 Å². The molecule has 0 aromatic rings. The second kappa shape index (κ2) is 10.9. The van der Waals surface area contributed by atoms with Crippen molar-refractivity contribution in [3.05, 3.63) is 0 Å². The maximum Gasteiger partial charge on any atom is 0.326 e. The minimum atomic E-state index is -0.935. The highest BCUT2D eigenvalue weighted by Crippen LogP contribution is 2.40. The first-order valence-corrected chi connectivity index (χ1v) is 9.88. The molecular formula is C19H33ClN2O5. The Morgan fingerprint density at radius 3 is 2.48 bits per heavy atom. The van der Waals surface area contributed by atoms with Gasteiger partial charge in [-0.2, -0.15) is 0 Å². The Bertz CT molecular complexity index is 530. The van der Waals surface area contributed by atoms with Crippen molar-refractivity contribution in [2.75, 3.05) is 6.61 Å². The SMILES string of the molecule is CCC[C@@H](N[C@H](C)C(=O)N1[C@H](C(=O)O)C[C@@H]2CCCC[C@@H]21)C(=O)OCC.Cl. The van der Waals surface area contributed by atoms with Gasteiger partial charge in [0.2, 0.25) is 5.91 Å². The Morgan fingerprint density at radius 1 is 1.22 bits per heavy atom. The predicted octanol–water partition coefficient (Wildman–Crippen LogP) is 2.36. The third-order valence-electron chi connectivity index (χ3n) is 5.60. The van der Waals surface area contributed by atoms with E-state index in [0.29, 0.717) is 19.4 Å². The molecule has 8 heteroatoms. The third-order valence-corrected chi connectivity index (χ3v) is 5.60. The molecule has 0 unspecified atom stereocenters. The van der Waals surface area contributed by atoms with Crippen LogP contribution in [0, 0.1) is 5.92 Å². The minimum absolute atomic E-state index is 0. The second-order valence-corrected chi connectivity index (χ2v) is 7.43. The van der Waals surface area contributed by atoms with Crippen molar-refractivity contribution in [2.24, 2.45) is 5.92 Å². The van der Waals surface area contributed by atoms with Gasteiger partial charge in [-0.3, -0.25) is 14.9 Å². The van der Waals surface area contributed by atoms with Crippen molar-refractivity contribution in [3.63, 3.8) is 0 Å². The number of likely N-dealkylation sites (tertiary alicyclic amines) is 1. The Hall–Kier alpha value is -1.34. The first-order valence-electron chi connectivity index (χ1n) is 9.88. The van der Waals surface area contributed by atoms with Crippen molar-refractivity contribution in [1.82, 2.24) is 10.2 Å². The molecule has 0 spiro atoms. The number of ether oxygens (including phenoxy) is 1. The van der Waals surface area contributed by atoms with E-state index in [1.54, 1.807) is 18.7 Å². The summed E-state index contributed by atoms with van der Waals surface area (Å²) in [7, 11) is 0. The van der Waals surface area contributed by atoms with Gasteiger partial charge in [-0.25, -0.2) is 4.79 Å². The zero-order valence-corrected chi connectivity index (χ0v) is 17.3. The summed E-state index contributed by atoms with van der Waals surface area (Å²) in [5.41, 5.74) is 0. The molecule has 2 fully saturated rings. The van der Waals surface area contributed by atoms with Crippen LogP contribution in [0.4, 0.5) is 0 Å². The molecule has 0 aromatic carbocycles. The van der Waals surface area contributed by atoms with E-state index in [-0.39, 0.29) is 36.2 Å². The van der Waals surface area contributed by atoms with Crippen LogP contribution in [0.5, 0.6) is 0 Å². The molecule has 0 bridgehead atoms. The lowest BCUT2D eigenvalue weighted by molar-refractivity contribution is -0.152. The van der Waals surface area contributed by atoms with Crippen molar-refractivity contribution in [2.45, 2.75) is 89.9 Å². The number of esters is 1. The largest absolute Gasteiger partial charge is 0.480 e. The van der Waals surface area contributed by atoms with Crippen LogP contribution in [-0.2, 0) is 19.1 Å². The van der Waals surface area contributed by atoms with Gasteiger partial charge in [-0.05, 0) is 45.4 Å². The number of amides is 1. The maximum absolute atomic E-state index is 13.1. The van der Waals surface area contributed by atoms with Gasteiger partial charge in [0.1, 0.15) is 12.1 Å². The molecule has 2 N–H and O–H groups in total. The van der Waals surface area contributed by atoms with Crippen LogP contribution in [0.25, 0.3) is 0 Å². The van der Waals surface area contributed by atoms with Gasteiger partial charge in [0.05, 0.1) is 12.6 Å². The second-order valence-electron chi connectivity index (χ2n) is 7.43. The van der Waals surface area contributed by atoms with Gasteiger partial charge in [0.25, 0.3) is 0 Å². The zero-order valence-electron chi connectivity index (χ0n) is 16.5. The molecule has 5 atom stereocenters. The van der Waals surface area contributed by atoms with Crippen LogP contribution in [0.15, 0.2) is 0 Å². The Labute approximate surface area is 167 Å². The van der Waals surface area contributed by atoms with Gasteiger partial charge in [-0.1, -0.05) is 26.2 Å². The van der Waals surface area contributed by atoms with Crippen LogP contribution in [-0.4, -0.2) is 58.6 Å². The number of nitrogens with zero attached hydrogens (tertiary/aromatic N) is 1. The Morgan fingerprint density at radius 2 is 1.89 bits per heavy atom. The highest BCUT2D eigenvalue weighted by atomic mass is 35.5. The van der Waals surface area contributed by atoms with Crippen molar-refractivity contribution < 1.29 is 24.2 Å². The van der Waals surface area contributed by atoms with Gasteiger partial charge in [0.15, 0.2) is 0 Å². The summed E-state index contributed by atoms with van der Waals surface area (Å²) in [4.78, 5) is 38.5. The zero-order chi connectivity index (χ0) is 19.3. The maximum atomic E-state index is 13.1. The molecule has 1 heterocycles. The average Bonchev–Trinajstić information content (AvgIpc) is 3.00. The molecule has 0 radical (unpaired) electrons. The lowest BCUT2D eigenvalue weighted by Crippen LogP contribution is -2.55. The van der Waals surface area contributed by atoms with Crippen molar-refractivity contribution in [3.8, 4) is 0 Å². The predicted molar refractivity (Wildman–Crippen MR) is 104 cm³/mol. The standard InChI is InChI=1S/C19H32N2O5.ClH/c1-4-8-14(19(25)26-5-2)20-12(3)17(22)21-15-10-7-6-9-13(15)11-16(21)18(23)24;/h12-16,20H,4-11H2,1-3H3,(H,23,24);1H/t12-,13+,14-,15+,16+;/m1./s1. The molecule has 7 nitrogen and oxygen atoms in total. The molecule has 1 aliphatic heterocycles. The number of hydrogen-bond acceptors (Lipinski definition) is 5. The summed E-state index contributed by atoms with van der Waals surface area (Å²) in [6.45, 7) is 5.72. The van der Waals surface area contributed by atoms with E-state index in [2.05, 4.69) is 5.32 Å². The fourth-order valence-electron chi connectivity index (χ4n) is 4.39. The number of fused-ring (bicyclic) bond motifs is 1. The van der Waals surface area contributed by atoms with E-state index in [9.17, 15) is 19.5 Å². The monoisotopic (exact) mass is 404 g/mol. The highest BCUT2D eigenvalue weighted by molar-refractivity contribution is 5.88. The molecule has 2 aliphatic rings. The van der Waals surface area contributed by atoms with Crippen molar-refractivity contribution in [1.29, 1.82) is 0 Å². The molecule has 0 aromatic heterocycles. The minimum Gasteiger partial charge on any atom is -0.480 e. The van der Waals surface area contributed by atoms with Crippen LogP contribution in [0.3, 0.4) is 0 Å². The first-order chi connectivity index (χ1) is 12.4. The number of carboxylic acid groups (broad SMARTS) is 1. The Kier molecular flexibility index (Phi) is 9.53. The van der Waals surface area contributed by atoms with Crippen LogP contribution < -0.4 is 5.32 Å².